The van der Waals surface area contributed by atoms with Crippen molar-refractivity contribution >= 4 is 33.0 Å². The number of hydrogen-bond donors (Lipinski definition) is 1. The molecule has 30 heavy (non-hydrogen) atoms. The molecule has 1 fully saturated rings. The smallest absolute Gasteiger partial charge is 0.236 e. The average molecular weight is 435 g/mol. The quantitative estimate of drug-likeness (QED) is 0.692. The van der Waals surface area contributed by atoms with E-state index in [1.165, 1.54) is 31.2 Å². The lowest BCUT2D eigenvalue weighted by Crippen LogP contribution is -2.27. The Morgan fingerprint density at radius 1 is 1.30 bits per heavy atom. The average Bonchev–Trinajstić information content (AvgIpc) is 3.05. The van der Waals surface area contributed by atoms with E-state index in [1.807, 2.05) is 0 Å². The number of aliphatic imine (C=N–C) groups is 1. The van der Waals surface area contributed by atoms with Crippen LogP contribution in [0.15, 0.2) is 41.5 Å². The highest BCUT2D eigenvalue weighted by Crippen LogP contribution is 2.25. The van der Waals surface area contributed by atoms with Crippen LogP contribution in [0, 0.1) is 11.6 Å². The first-order valence-electron chi connectivity index (χ1n) is 8.98. The Balaban J connectivity index is 1.92. The highest BCUT2D eigenvalue weighted by molar-refractivity contribution is 7.93. The van der Waals surface area contributed by atoms with E-state index in [4.69, 9.17) is 5.73 Å². The molecule has 0 atom stereocenters. The van der Waals surface area contributed by atoms with Gasteiger partial charge in [-0.1, -0.05) is 18.2 Å². The summed E-state index contributed by atoms with van der Waals surface area (Å²) in [6.45, 7) is 1.27. The summed E-state index contributed by atoms with van der Waals surface area (Å²) in [5.74, 6) is -2.46. The van der Waals surface area contributed by atoms with Crippen LogP contribution in [0.2, 0.25) is 0 Å². The van der Waals surface area contributed by atoms with Gasteiger partial charge >= 0.3 is 0 Å². The maximum atomic E-state index is 14.2. The van der Waals surface area contributed by atoms with Gasteiger partial charge in [-0.15, -0.1) is 0 Å². The van der Waals surface area contributed by atoms with Crippen molar-refractivity contribution in [3.63, 3.8) is 0 Å². The number of anilines is 1. The van der Waals surface area contributed by atoms with Crippen molar-refractivity contribution in [1.82, 2.24) is 9.97 Å². The van der Waals surface area contributed by atoms with E-state index in [0.717, 1.165) is 10.5 Å². The summed E-state index contributed by atoms with van der Waals surface area (Å²) in [4.78, 5) is 23.7. The normalized spacial score (nSPS) is 16.7. The van der Waals surface area contributed by atoms with Crippen LogP contribution in [0.3, 0.4) is 0 Å². The van der Waals surface area contributed by atoms with Crippen molar-refractivity contribution in [2.24, 2.45) is 10.7 Å². The molecule has 11 heteroatoms. The van der Waals surface area contributed by atoms with Gasteiger partial charge in [0, 0.05) is 19.0 Å². The molecule has 2 aromatic rings. The molecule has 0 spiro atoms. The Morgan fingerprint density at radius 3 is 2.67 bits per heavy atom. The first-order valence-corrected chi connectivity index (χ1v) is 10.6. The highest BCUT2D eigenvalue weighted by Gasteiger charge is 2.32. The lowest BCUT2D eigenvalue weighted by Gasteiger charge is -2.16. The van der Waals surface area contributed by atoms with Gasteiger partial charge in [0.25, 0.3) is 0 Å². The minimum atomic E-state index is -3.66. The van der Waals surface area contributed by atoms with Crippen LogP contribution < -0.4 is 10.0 Å². The predicted molar refractivity (Wildman–Crippen MR) is 108 cm³/mol. The molecule has 1 aromatic carbocycles. The van der Waals surface area contributed by atoms with Gasteiger partial charge in [-0.2, -0.15) is 0 Å². The number of ketones is 1. The lowest BCUT2D eigenvalue weighted by atomic mass is 10.2. The second-order valence-corrected chi connectivity index (χ2v) is 8.57. The van der Waals surface area contributed by atoms with E-state index in [0.29, 0.717) is 12.0 Å². The molecular weight excluding hydrogens is 416 g/mol. The second kappa shape index (κ2) is 8.66. The number of nitrogens with two attached hydrogens (primary N) is 1. The topological polar surface area (TPSA) is 119 Å². The number of carbonyl (C=O) groups excluding carboxylic acids is 1. The highest BCUT2D eigenvalue weighted by atomic mass is 32.2. The lowest BCUT2D eigenvalue weighted by molar-refractivity contribution is -0.111. The Hall–Kier alpha value is -3.21. The number of Topliss-reactive ketones (excluding diaryl/α,β-unsaturated/α-hetero) is 1. The van der Waals surface area contributed by atoms with Gasteiger partial charge in [0.2, 0.25) is 10.0 Å². The van der Waals surface area contributed by atoms with E-state index in [2.05, 4.69) is 15.0 Å². The van der Waals surface area contributed by atoms with E-state index in [9.17, 15) is 22.0 Å². The van der Waals surface area contributed by atoms with E-state index in [1.54, 1.807) is 6.07 Å². The van der Waals surface area contributed by atoms with Crippen LogP contribution in [0.25, 0.3) is 5.70 Å². The zero-order valence-electron chi connectivity index (χ0n) is 16.0. The minimum absolute atomic E-state index is 0.0565. The summed E-state index contributed by atoms with van der Waals surface area (Å²) < 4.78 is 52.9. The summed E-state index contributed by atoms with van der Waals surface area (Å²) in [6.07, 6.45) is 2.36. The first kappa shape index (κ1) is 21.5. The zero-order valence-corrected chi connectivity index (χ0v) is 16.9. The summed E-state index contributed by atoms with van der Waals surface area (Å²) in [7, 11) is -3.66. The van der Waals surface area contributed by atoms with Gasteiger partial charge < -0.3 is 5.73 Å². The van der Waals surface area contributed by atoms with Crippen molar-refractivity contribution in [2.75, 3.05) is 16.6 Å². The molecule has 2 heterocycles. The fourth-order valence-corrected chi connectivity index (χ4v) is 4.33. The molecule has 1 saturated heterocycles. The number of nitrogens with zero attached hydrogens (tertiary/aromatic N) is 4. The second-order valence-electron chi connectivity index (χ2n) is 6.56. The Labute approximate surface area is 172 Å². The standard InChI is InChI=1S/C19H19F2N5O3S/c1-12(27)17(23-10-13-5-2-3-6-14(13)20)9-16(22)18-24-11-15(21)19(25-18)26-7-4-8-30(26,28)29/h2-3,5-6,9,11H,4,7-8,10,22H2,1H3. The minimum Gasteiger partial charge on any atom is -0.396 e. The summed E-state index contributed by atoms with van der Waals surface area (Å²) in [5, 5.41) is 0. The third-order valence-corrected chi connectivity index (χ3v) is 6.18. The summed E-state index contributed by atoms with van der Waals surface area (Å²) in [6, 6.07) is 6.00. The van der Waals surface area contributed by atoms with E-state index >= 15 is 0 Å². The van der Waals surface area contributed by atoms with Crippen LogP contribution >= 0.6 is 0 Å². The zero-order chi connectivity index (χ0) is 21.9. The van der Waals surface area contributed by atoms with E-state index < -0.39 is 33.3 Å². The molecule has 0 unspecified atom stereocenters. The predicted octanol–water partition coefficient (Wildman–Crippen LogP) is 1.82. The molecular formula is C19H19F2N5O3S. The number of hydrogen-bond acceptors (Lipinski definition) is 7. The molecule has 1 aliphatic heterocycles. The molecule has 0 saturated carbocycles. The van der Waals surface area contributed by atoms with Gasteiger partial charge in [0.05, 0.1) is 24.2 Å². The fraction of sp³-hybridized carbons (Fsp3) is 0.263. The molecule has 0 radical (unpaired) electrons. The van der Waals surface area contributed by atoms with Crippen molar-refractivity contribution in [3.05, 3.63) is 59.6 Å². The van der Waals surface area contributed by atoms with Crippen LogP contribution in [0.1, 0.15) is 24.7 Å². The van der Waals surface area contributed by atoms with Crippen LogP contribution in [0.4, 0.5) is 14.6 Å². The first-order chi connectivity index (χ1) is 14.2. The number of rotatable bonds is 6. The molecule has 1 aliphatic rings. The van der Waals surface area contributed by atoms with Crippen molar-refractivity contribution in [2.45, 2.75) is 19.9 Å². The largest absolute Gasteiger partial charge is 0.396 e. The van der Waals surface area contributed by atoms with Crippen LogP contribution in [-0.4, -0.2) is 42.2 Å². The molecule has 2 N–H and O–H groups in total. The molecule has 1 aromatic heterocycles. The number of sulfonamides is 1. The van der Waals surface area contributed by atoms with Gasteiger partial charge in [0.1, 0.15) is 11.5 Å². The molecule has 8 nitrogen and oxygen atoms in total. The fourth-order valence-electron chi connectivity index (χ4n) is 2.82. The maximum Gasteiger partial charge on any atom is 0.236 e. The summed E-state index contributed by atoms with van der Waals surface area (Å²) in [5.41, 5.74) is 6.08. The SMILES string of the molecule is CC(=O)C(C=C(N)c1ncc(F)c(N2CCCS2(=O)=O)n1)=NCc1ccccc1F. The van der Waals surface area contributed by atoms with Gasteiger partial charge in [-0.05, 0) is 18.6 Å². The number of allylic oxidation sites excluding steroid dienone is 1. The van der Waals surface area contributed by atoms with Crippen molar-refractivity contribution < 1.29 is 22.0 Å². The summed E-state index contributed by atoms with van der Waals surface area (Å²) >= 11 is 0. The third-order valence-electron chi connectivity index (χ3n) is 4.35. The number of carbonyl (C=O) groups is 1. The van der Waals surface area contributed by atoms with Gasteiger partial charge in [-0.25, -0.2) is 27.2 Å². The van der Waals surface area contributed by atoms with Gasteiger partial charge in [0.15, 0.2) is 23.2 Å². The van der Waals surface area contributed by atoms with Crippen molar-refractivity contribution in [1.29, 1.82) is 0 Å². The monoisotopic (exact) mass is 435 g/mol. The molecule has 3 rings (SSSR count). The Kier molecular flexibility index (Phi) is 6.20. The molecule has 158 valence electrons. The van der Waals surface area contributed by atoms with Gasteiger partial charge in [-0.3, -0.25) is 14.1 Å². The van der Waals surface area contributed by atoms with Crippen molar-refractivity contribution in [3.8, 4) is 0 Å². The third kappa shape index (κ3) is 4.67. The van der Waals surface area contributed by atoms with Crippen LogP contribution in [-0.2, 0) is 21.4 Å². The Morgan fingerprint density at radius 2 is 2.03 bits per heavy atom. The molecule has 0 amide bonds. The number of benzene rings is 1. The number of halogens is 2. The molecule has 0 bridgehead atoms. The maximum absolute atomic E-state index is 14.2. The number of aromatic nitrogens is 2. The van der Waals surface area contributed by atoms with Crippen LogP contribution in [0.5, 0.6) is 0 Å². The molecule has 0 aliphatic carbocycles. The van der Waals surface area contributed by atoms with E-state index in [-0.39, 0.29) is 36.1 Å². The Bertz CT molecular complexity index is 1150.